The van der Waals surface area contributed by atoms with E-state index in [1.165, 1.54) is 22.7 Å². The first-order valence-electron chi connectivity index (χ1n) is 14.5. The Morgan fingerprint density at radius 1 is 0.325 bits per heavy atom. The number of benzene rings is 2. The van der Waals surface area contributed by atoms with Crippen LogP contribution in [0.4, 0.5) is 22.7 Å². The molecule has 1 fully saturated rings. The lowest BCUT2D eigenvalue weighted by Crippen LogP contribution is -2.35. The van der Waals surface area contributed by atoms with E-state index in [-0.39, 0.29) is 0 Å². The van der Waals surface area contributed by atoms with Crippen LogP contribution in [0.3, 0.4) is 0 Å². The largest absolute Gasteiger partial charge is 0.377 e. The average molecular weight is 557 g/mol. The molecule has 0 N–H and O–H groups in total. The third kappa shape index (κ3) is 8.22. The fourth-order valence-corrected chi connectivity index (χ4v) is 5.26. The van der Waals surface area contributed by atoms with Crippen LogP contribution < -0.4 is 19.6 Å². The zero-order valence-corrected chi connectivity index (χ0v) is 23.6. The molecule has 4 bridgehead atoms. The molecule has 0 spiro atoms. The zero-order chi connectivity index (χ0) is 27.2. The lowest BCUT2D eigenvalue weighted by molar-refractivity contribution is 0.0164. The van der Waals surface area contributed by atoms with Crippen LogP contribution in [0.2, 0.25) is 0 Å². The van der Waals surface area contributed by atoms with E-state index in [2.05, 4.69) is 68.1 Å². The van der Waals surface area contributed by atoms with Crippen molar-refractivity contribution in [3.8, 4) is 0 Å². The monoisotopic (exact) mass is 556 g/mol. The Labute approximate surface area is 238 Å². The summed E-state index contributed by atoms with van der Waals surface area (Å²) in [5.74, 6) is 0. The summed E-state index contributed by atoms with van der Waals surface area (Å²) in [7, 11) is 0. The molecule has 10 nitrogen and oxygen atoms in total. The van der Waals surface area contributed by atoms with Crippen LogP contribution in [0, 0.1) is 0 Å². The highest BCUT2D eigenvalue weighted by Crippen LogP contribution is 2.36. The summed E-state index contributed by atoms with van der Waals surface area (Å²) < 4.78 is 34.9. The normalized spacial score (nSPS) is 21.4. The van der Waals surface area contributed by atoms with Gasteiger partial charge in [-0.05, 0) is 24.3 Å². The summed E-state index contributed by atoms with van der Waals surface area (Å²) in [5.41, 5.74) is 4.99. The molecule has 0 amide bonds. The summed E-state index contributed by atoms with van der Waals surface area (Å²) >= 11 is 0. The van der Waals surface area contributed by atoms with Gasteiger partial charge >= 0.3 is 0 Å². The van der Waals surface area contributed by atoms with E-state index in [1.807, 2.05) is 0 Å². The third-order valence-electron chi connectivity index (χ3n) is 7.32. The minimum Gasteiger partial charge on any atom is -0.377 e. The van der Waals surface area contributed by atoms with E-state index in [1.54, 1.807) is 0 Å². The SMILES string of the molecule is c1ccc2c(c1)N1CCOCCOCCOCCN3CN(CCOCCOCCOCCN2C1)c1ccccc13. The molecule has 40 heavy (non-hydrogen) atoms. The molecule has 0 unspecified atom stereocenters. The summed E-state index contributed by atoms with van der Waals surface area (Å²) in [6.07, 6.45) is 0. The quantitative estimate of drug-likeness (QED) is 0.484. The number of nitrogens with zero attached hydrogens (tertiary/aromatic N) is 4. The summed E-state index contributed by atoms with van der Waals surface area (Å²) in [6, 6.07) is 17.1. The molecule has 10 heteroatoms. The molecule has 3 heterocycles. The van der Waals surface area contributed by atoms with Crippen molar-refractivity contribution in [3.63, 3.8) is 0 Å². The van der Waals surface area contributed by atoms with Crippen LogP contribution in [0.25, 0.3) is 0 Å². The lowest BCUT2D eigenvalue weighted by Gasteiger charge is -2.22. The van der Waals surface area contributed by atoms with Crippen molar-refractivity contribution in [2.24, 2.45) is 0 Å². The predicted octanol–water partition coefficient (Wildman–Crippen LogP) is 2.67. The molecule has 220 valence electrons. The summed E-state index contributed by atoms with van der Waals surface area (Å²) in [6.45, 7) is 12.3. The van der Waals surface area contributed by atoms with Gasteiger partial charge in [-0.25, -0.2) is 0 Å². The second kappa shape index (κ2) is 16.0. The van der Waals surface area contributed by atoms with Gasteiger partial charge in [0.15, 0.2) is 0 Å². The molecule has 5 rings (SSSR count). The van der Waals surface area contributed by atoms with Crippen LogP contribution >= 0.6 is 0 Å². The van der Waals surface area contributed by atoms with Crippen molar-refractivity contribution >= 4 is 22.7 Å². The zero-order valence-electron chi connectivity index (χ0n) is 23.6. The maximum Gasteiger partial charge on any atom is 0.0906 e. The first kappa shape index (κ1) is 28.9. The molecule has 2 aromatic rings. The van der Waals surface area contributed by atoms with Crippen molar-refractivity contribution in [2.75, 3.05) is 138 Å². The number of ether oxygens (including phenoxy) is 6. The van der Waals surface area contributed by atoms with Crippen LogP contribution in [0.1, 0.15) is 0 Å². The molecule has 0 aliphatic carbocycles. The second-order valence-corrected chi connectivity index (χ2v) is 9.99. The number of hydrogen-bond acceptors (Lipinski definition) is 10. The van der Waals surface area contributed by atoms with E-state index in [9.17, 15) is 0 Å². The van der Waals surface area contributed by atoms with E-state index in [0.29, 0.717) is 79.3 Å². The Morgan fingerprint density at radius 2 is 0.550 bits per heavy atom. The van der Waals surface area contributed by atoms with E-state index < -0.39 is 0 Å². The molecule has 0 aromatic heterocycles. The Morgan fingerprint density at radius 3 is 0.800 bits per heavy atom. The minimum absolute atomic E-state index is 0.573. The standard InChI is InChI=1S/C30H44N4O6/c1-2-6-28-27(5-1)31-9-13-35-17-21-39-23-19-37-15-11-33-26-34(30-8-4-3-7-29(30)33)12-16-38-20-24-40-22-18-36-14-10-32(28)25-31/h1-8H,9-26H2. The van der Waals surface area contributed by atoms with Gasteiger partial charge in [-0.2, -0.15) is 0 Å². The van der Waals surface area contributed by atoms with Crippen LogP contribution in [-0.4, -0.2) is 119 Å². The number of rotatable bonds is 0. The van der Waals surface area contributed by atoms with Crippen molar-refractivity contribution < 1.29 is 28.4 Å². The fraction of sp³-hybridized carbons (Fsp3) is 0.600. The van der Waals surface area contributed by atoms with Crippen molar-refractivity contribution in [3.05, 3.63) is 48.5 Å². The van der Waals surface area contributed by atoms with Crippen molar-refractivity contribution in [1.82, 2.24) is 0 Å². The minimum atomic E-state index is 0.573. The molecular weight excluding hydrogens is 512 g/mol. The lowest BCUT2D eigenvalue weighted by atomic mass is 10.2. The van der Waals surface area contributed by atoms with Gasteiger partial charge in [0.1, 0.15) is 0 Å². The molecule has 1 saturated heterocycles. The maximum atomic E-state index is 5.86. The molecule has 3 aliphatic rings. The van der Waals surface area contributed by atoms with E-state index in [0.717, 1.165) is 39.5 Å². The molecule has 0 atom stereocenters. The third-order valence-corrected chi connectivity index (χ3v) is 7.32. The molecule has 0 radical (unpaired) electrons. The highest BCUT2D eigenvalue weighted by atomic mass is 16.5. The molecule has 2 aromatic carbocycles. The van der Waals surface area contributed by atoms with Gasteiger partial charge in [0.05, 0.1) is 115 Å². The number of hydrogen-bond donors (Lipinski definition) is 0. The topological polar surface area (TPSA) is 68.3 Å². The Balaban J connectivity index is 1.07. The summed E-state index contributed by atoms with van der Waals surface area (Å²) in [5, 5.41) is 0. The van der Waals surface area contributed by atoms with Gasteiger partial charge in [0.25, 0.3) is 0 Å². The van der Waals surface area contributed by atoms with Crippen molar-refractivity contribution in [2.45, 2.75) is 0 Å². The van der Waals surface area contributed by atoms with Gasteiger partial charge < -0.3 is 48.0 Å². The first-order chi connectivity index (χ1) is 19.9. The van der Waals surface area contributed by atoms with Gasteiger partial charge in [-0.3, -0.25) is 0 Å². The Bertz CT molecular complexity index is 860. The van der Waals surface area contributed by atoms with Gasteiger partial charge in [-0.15, -0.1) is 0 Å². The molecule has 3 aliphatic heterocycles. The van der Waals surface area contributed by atoms with Crippen molar-refractivity contribution in [1.29, 1.82) is 0 Å². The Kier molecular flexibility index (Phi) is 11.6. The second-order valence-electron chi connectivity index (χ2n) is 9.99. The highest BCUT2D eigenvalue weighted by Gasteiger charge is 2.25. The predicted molar refractivity (Wildman–Crippen MR) is 157 cm³/mol. The van der Waals surface area contributed by atoms with Crippen LogP contribution in [-0.2, 0) is 28.4 Å². The van der Waals surface area contributed by atoms with E-state index >= 15 is 0 Å². The first-order valence-corrected chi connectivity index (χ1v) is 14.5. The maximum absolute atomic E-state index is 5.86. The number of para-hydroxylation sites is 4. The van der Waals surface area contributed by atoms with Crippen LogP contribution in [0.5, 0.6) is 0 Å². The number of fused-ring (bicyclic) bond motifs is 10. The van der Waals surface area contributed by atoms with Gasteiger partial charge in [0.2, 0.25) is 0 Å². The van der Waals surface area contributed by atoms with E-state index in [4.69, 9.17) is 28.4 Å². The highest BCUT2D eigenvalue weighted by molar-refractivity contribution is 5.76. The number of anilines is 4. The van der Waals surface area contributed by atoms with Gasteiger partial charge in [0, 0.05) is 26.2 Å². The summed E-state index contributed by atoms with van der Waals surface area (Å²) in [4.78, 5) is 9.44. The average Bonchev–Trinajstić information content (AvgIpc) is 3.52. The van der Waals surface area contributed by atoms with Gasteiger partial charge in [-0.1, -0.05) is 24.3 Å². The molecular formula is C30H44N4O6. The fourth-order valence-electron chi connectivity index (χ4n) is 5.26. The Hall–Kier alpha value is -2.60. The van der Waals surface area contributed by atoms with Crippen LogP contribution in [0.15, 0.2) is 48.5 Å². The molecule has 0 saturated carbocycles. The smallest absolute Gasteiger partial charge is 0.0906 e.